The van der Waals surface area contributed by atoms with Crippen molar-refractivity contribution in [3.05, 3.63) is 96.6 Å². The largest absolute Gasteiger partial charge is 0.444 e. The fraction of sp³-hybridized carbons (Fsp3) is 0.558. The molecule has 3 aliphatic heterocycles. The minimum absolute atomic E-state index is 0.0284. The Morgan fingerprint density at radius 1 is 0.694 bits per heavy atom. The first-order chi connectivity index (χ1) is 23.5. The van der Waals surface area contributed by atoms with E-state index in [4.69, 9.17) is 9.16 Å². The number of benzene rings is 3. The topological polar surface area (TPSA) is 42.0 Å². The fourth-order valence-corrected chi connectivity index (χ4v) is 15.1. The normalized spacial score (nSPS) is 28.0. The third kappa shape index (κ3) is 6.54. The van der Waals surface area contributed by atoms with Crippen LogP contribution in [0.4, 0.5) is 4.79 Å². The number of nitrogens with zero attached hydrogens (tertiary/aromatic N) is 2. The van der Waals surface area contributed by atoms with E-state index in [-0.39, 0.29) is 35.4 Å². The molecule has 3 heterocycles. The maximum Gasteiger partial charge on any atom is 0.410 e. The summed E-state index contributed by atoms with van der Waals surface area (Å²) in [6, 6.07) is 33.8. The van der Waals surface area contributed by atoms with Gasteiger partial charge in [0.15, 0.2) is 0 Å². The molecule has 3 aromatic rings. The summed E-state index contributed by atoms with van der Waals surface area (Å²) in [5.41, 5.74) is 0.785. The Morgan fingerprint density at radius 3 is 1.76 bits per heavy atom. The first kappa shape index (κ1) is 34.5. The Labute approximate surface area is 296 Å². The Kier molecular flexibility index (Phi) is 9.62. The SMILES string of the molecule is CC(C)(C)OC(=O)N1C2CC3CC1[C@H](O[Si](c1ccccc1)(c1ccccc1)C(C)(C)C)C2N(Cc1ccccc1)C3C1CCCCCC1. The van der Waals surface area contributed by atoms with Gasteiger partial charge in [0.2, 0.25) is 0 Å². The molecule has 4 fully saturated rings. The number of fused-ring (bicyclic) bond motifs is 2. The third-order valence-corrected chi connectivity index (χ3v) is 17.1. The molecule has 0 N–H and O–H groups in total. The lowest BCUT2D eigenvalue weighted by atomic mass is 9.73. The summed E-state index contributed by atoms with van der Waals surface area (Å²) in [5.74, 6) is 1.21. The van der Waals surface area contributed by atoms with Crippen LogP contribution in [-0.4, -0.2) is 60.1 Å². The number of likely N-dealkylation sites (tertiary alicyclic amines) is 1. The van der Waals surface area contributed by atoms with Gasteiger partial charge in [-0.05, 0) is 79.3 Å². The smallest absolute Gasteiger partial charge is 0.410 e. The van der Waals surface area contributed by atoms with E-state index in [0.717, 1.165) is 19.4 Å². The molecule has 6 heteroatoms. The van der Waals surface area contributed by atoms with Crippen LogP contribution in [0.5, 0.6) is 0 Å². The van der Waals surface area contributed by atoms with Gasteiger partial charge >= 0.3 is 6.09 Å². The van der Waals surface area contributed by atoms with Gasteiger partial charge in [0, 0.05) is 12.6 Å². The predicted octanol–water partition coefficient (Wildman–Crippen LogP) is 8.55. The summed E-state index contributed by atoms with van der Waals surface area (Å²) >= 11 is 0. The van der Waals surface area contributed by atoms with Crippen molar-refractivity contribution >= 4 is 24.8 Å². The zero-order valence-corrected chi connectivity index (χ0v) is 31.7. The van der Waals surface area contributed by atoms with E-state index in [1.54, 1.807) is 0 Å². The van der Waals surface area contributed by atoms with Gasteiger partial charge in [-0.1, -0.05) is 137 Å². The molecule has 1 amide bonds. The summed E-state index contributed by atoms with van der Waals surface area (Å²) in [7, 11) is -2.92. The van der Waals surface area contributed by atoms with E-state index in [9.17, 15) is 4.79 Å². The quantitative estimate of drug-likeness (QED) is 0.186. The van der Waals surface area contributed by atoms with E-state index in [1.165, 1.54) is 54.5 Å². The first-order valence-electron chi connectivity index (χ1n) is 19.1. The summed E-state index contributed by atoms with van der Waals surface area (Å²) in [6.07, 6.45) is 9.69. The van der Waals surface area contributed by atoms with Gasteiger partial charge in [0.1, 0.15) is 5.60 Å². The van der Waals surface area contributed by atoms with Crippen molar-refractivity contribution in [1.29, 1.82) is 0 Å². The molecule has 1 aliphatic carbocycles. The van der Waals surface area contributed by atoms with Crippen molar-refractivity contribution < 1.29 is 14.0 Å². The zero-order chi connectivity index (χ0) is 34.4. The monoisotopic (exact) mass is 678 g/mol. The Bertz CT molecular complexity index is 1510. The van der Waals surface area contributed by atoms with Crippen molar-refractivity contribution in [2.45, 2.75) is 140 Å². The molecular weight excluding hydrogens is 621 g/mol. The highest BCUT2D eigenvalue weighted by Gasteiger charge is 2.66. The molecule has 0 radical (unpaired) electrons. The van der Waals surface area contributed by atoms with Gasteiger partial charge in [0.05, 0.1) is 24.2 Å². The Hall–Kier alpha value is -2.93. The van der Waals surface area contributed by atoms with Gasteiger partial charge in [0.25, 0.3) is 8.32 Å². The predicted molar refractivity (Wildman–Crippen MR) is 202 cm³/mol. The number of amides is 1. The minimum Gasteiger partial charge on any atom is -0.444 e. The summed E-state index contributed by atoms with van der Waals surface area (Å²) < 4.78 is 14.4. The van der Waals surface area contributed by atoms with E-state index in [2.05, 4.69) is 122 Å². The molecular formula is C43H58N2O3Si. The van der Waals surface area contributed by atoms with E-state index < -0.39 is 13.9 Å². The molecule has 3 saturated heterocycles. The number of hydrogen-bond acceptors (Lipinski definition) is 4. The molecule has 3 bridgehead atoms. The maximum atomic E-state index is 14.3. The molecule has 7 rings (SSSR count). The molecule has 6 atom stereocenters. The maximum absolute atomic E-state index is 14.3. The molecule has 0 aromatic heterocycles. The summed E-state index contributed by atoms with van der Waals surface area (Å²) in [6.45, 7) is 14.0. The molecule has 3 aromatic carbocycles. The molecule has 262 valence electrons. The van der Waals surface area contributed by atoms with E-state index in [1.807, 2.05) is 20.8 Å². The van der Waals surface area contributed by atoms with Gasteiger partial charge in [-0.25, -0.2) is 4.79 Å². The lowest BCUT2D eigenvalue weighted by Crippen LogP contribution is -2.70. The van der Waals surface area contributed by atoms with Crippen molar-refractivity contribution in [1.82, 2.24) is 9.80 Å². The average Bonchev–Trinajstić information content (AvgIpc) is 3.27. The van der Waals surface area contributed by atoms with Crippen molar-refractivity contribution in [3.63, 3.8) is 0 Å². The lowest BCUT2D eigenvalue weighted by molar-refractivity contribution is -0.0625. The zero-order valence-electron chi connectivity index (χ0n) is 30.7. The molecule has 1 saturated carbocycles. The summed E-state index contributed by atoms with van der Waals surface area (Å²) in [5, 5.41) is 2.43. The molecule has 5 nitrogen and oxygen atoms in total. The summed E-state index contributed by atoms with van der Waals surface area (Å²) in [4.78, 5) is 19.4. The van der Waals surface area contributed by atoms with Crippen LogP contribution in [-0.2, 0) is 15.7 Å². The van der Waals surface area contributed by atoms with Gasteiger partial charge < -0.3 is 9.16 Å². The Balaban J connectivity index is 1.40. The Morgan fingerprint density at radius 2 is 1.22 bits per heavy atom. The highest BCUT2D eigenvalue weighted by molar-refractivity contribution is 6.99. The number of ether oxygens (including phenoxy) is 1. The van der Waals surface area contributed by atoms with Crippen LogP contribution >= 0.6 is 0 Å². The second kappa shape index (κ2) is 13.7. The van der Waals surface area contributed by atoms with Crippen LogP contribution in [0.2, 0.25) is 5.04 Å². The standard InChI is InChI=1S/C43H58N2O3Si/c1-42(2,3)47-41(46)45-36-28-33-29-37(45)40(48-49(43(4,5)6,34-24-16-10-17-25-34)35-26-18-11-19-27-35)39(36)44(30-31-20-12-9-13-21-31)38(33)32-22-14-7-8-15-23-32/h9-13,16-21,24-27,32-33,36-40H,7-8,14-15,22-23,28-30H2,1-6H3/t33?,36?,37?,38?,39?,40-/m0/s1. The first-order valence-corrected chi connectivity index (χ1v) is 21.0. The highest BCUT2D eigenvalue weighted by Crippen LogP contribution is 2.54. The van der Waals surface area contributed by atoms with Crippen molar-refractivity contribution in [3.8, 4) is 0 Å². The van der Waals surface area contributed by atoms with E-state index >= 15 is 0 Å². The van der Waals surface area contributed by atoms with Crippen molar-refractivity contribution in [2.75, 3.05) is 0 Å². The van der Waals surface area contributed by atoms with Crippen LogP contribution in [0.15, 0.2) is 91.0 Å². The van der Waals surface area contributed by atoms with Crippen LogP contribution in [0.25, 0.3) is 0 Å². The highest BCUT2D eigenvalue weighted by atomic mass is 28.4. The second-order valence-electron chi connectivity index (χ2n) is 17.4. The molecule has 4 aliphatic rings. The van der Waals surface area contributed by atoms with Crippen LogP contribution in [0, 0.1) is 11.8 Å². The molecule has 49 heavy (non-hydrogen) atoms. The van der Waals surface area contributed by atoms with E-state index in [0.29, 0.717) is 17.9 Å². The van der Waals surface area contributed by atoms with Gasteiger partial charge in [-0.2, -0.15) is 0 Å². The second-order valence-corrected chi connectivity index (χ2v) is 21.6. The number of piperidine rings is 2. The van der Waals surface area contributed by atoms with Gasteiger partial charge in [-0.3, -0.25) is 9.80 Å². The third-order valence-electron chi connectivity index (χ3n) is 12.1. The fourth-order valence-electron chi connectivity index (χ4n) is 10.3. The number of carbonyl (C=O) groups is 1. The number of carbonyl (C=O) groups excluding carboxylic acids is 1. The van der Waals surface area contributed by atoms with Crippen LogP contribution < -0.4 is 10.4 Å². The van der Waals surface area contributed by atoms with Crippen LogP contribution in [0.3, 0.4) is 0 Å². The van der Waals surface area contributed by atoms with Crippen molar-refractivity contribution in [2.24, 2.45) is 11.8 Å². The number of rotatable bonds is 7. The molecule has 0 spiro atoms. The lowest BCUT2D eigenvalue weighted by Gasteiger charge is -2.54. The van der Waals surface area contributed by atoms with Gasteiger partial charge in [-0.15, -0.1) is 0 Å². The molecule has 5 unspecified atom stereocenters. The average molecular weight is 679 g/mol. The minimum atomic E-state index is -2.92. The van der Waals surface area contributed by atoms with Crippen LogP contribution in [0.1, 0.15) is 98.5 Å². The number of hydrogen-bond donors (Lipinski definition) is 0.